The highest BCUT2D eigenvalue weighted by Crippen LogP contribution is 2.53. The topological polar surface area (TPSA) is 52.0 Å². The Morgan fingerprint density at radius 3 is 2.49 bits per heavy atom. The van der Waals surface area contributed by atoms with E-state index < -0.39 is 0 Å². The number of benzene rings is 4. The molecule has 1 aliphatic heterocycles. The van der Waals surface area contributed by atoms with Crippen molar-refractivity contribution in [1.82, 2.24) is 14.5 Å². The molecule has 206 valence electrons. The Labute approximate surface area is 249 Å². The molecule has 0 saturated heterocycles. The molecule has 43 heavy (non-hydrogen) atoms. The Kier molecular flexibility index (Phi) is 4.95. The maximum absolute atomic E-state index is 6.74. The van der Waals surface area contributed by atoms with Crippen molar-refractivity contribution in [2.45, 2.75) is 25.5 Å². The van der Waals surface area contributed by atoms with Gasteiger partial charge in [0.15, 0.2) is 12.0 Å². The average molecular weight is 557 g/mol. The molecule has 2 aliphatic rings. The molecule has 0 radical (unpaired) electrons. The van der Waals surface area contributed by atoms with Gasteiger partial charge in [-0.3, -0.25) is 9.55 Å². The lowest BCUT2D eigenvalue weighted by Gasteiger charge is -2.21. The van der Waals surface area contributed by atoms with Crippen LogP contribution in [0.1, 0.15) is 36.8 Å². The van der Waals surface area contributed by atoms with E-state index in [4.69, 9.17) is 9.72 Å². The second-order valence-electron chi connectivity index (χ2n) is 11.9. The molecule has 0 amide bonds. The van der Waals surface area contributed by atoms with Crippen LogP contribution in [0, 0.1) is 0 Å². The van der Waals surface area contributed by atoms with Crippen molar-refractivity contribution in [3.8, 4) is 34.0 Å². The zero-order chi connectivity index (χ0) is 28.7. The Hall–Kier alpha value is -5.42. The van der Waals surface area contributed by atoms with Crippen molar-refractivity contribution in [2.24, 2.45) is 0 Å². The van der Waals surface area contributed by atoms with Crippen LogP contribution in [-0.4, -0.2) is 14.5 Å². The Balaban J connectivity index is 1.35. The van der Waals surface area contributed by atoms with E-state index in [0.717, 1.165) is 50.5 Å². The van der Waals surface area contributed by atoms with Crippen LogP contribution in [0.25, 0.3) is 50.0 Å². The van der Waals surface area contributed by atoms with Gasteiger partial charge in [-0.15, -0.1) is 0 Å². The molecule has 1 unspecified atom stereocenters. The number of anilines is 1. The first-order valence-corrected chi connectivity index (χ1v) is 14.7. The van der Waals surface area contributed by atoms with Crippen molar-refractivity contribution in [3.05, 3.63) is 138 Å². The standard InChI is InChI=1S/C38H28N4O/c1-38(2)29-14-7-6-13-25(29)27-20-28-26-17-18-32-36(43-37(41-32)23-10-4-3-5-11-23)35(26)42(33(28)21-30(27)38)34-16-8-15-31(40-34)24-12-9-19-39-22-24/h3-22,37,41H,1-2H3. The minimum Gasteiger partial charge on any atom is -0.462 e. The molecule has 1 N–H and O–H groups in total. The second-order valence-corrected chi connectivity index (χ2v) is 11.9. The molecule has 1 aliphatic carbocycles. The fourth-order valence-electron chi connectivity index (χ4n) is 7.03. The van der Waals surface area contributed by atoms with E-state index in [1.54, 1.807) is 6.20 Å². The van der Waals surface area contributed by atoms with E-state index in [9.17, 15) is 0 Å². The first-order valence-electron chi connectivity index (χ1n) is 14.7. The predicted molar refractivity (Wildman–Crippen MR) is 173 cm³/mol. The Morgan fingerprint density at radius 1 is 0.767 bits per heavy atom. The van der Waals surface area contributed by atoms with Crippen molar-refractivity contribution in [2.75, 3.05) is 5.32 Å². The smallest absolute Gasteiger partial charge is 0.196 e. The van der Waals surface area contributed by atoms with Crippen LogP contribution < -0.4 is 10.1 Å². The van der Waals surface area contributed by atoms with Crippen LogP contribution >= 0.6 is 0 Å². The van der Waals surface area contributed by atoms with Crippen LogP contribution in [0.4, 0.5) is 5.69 Å². The van der Waals surface area contributed by atoms with Crippen LogP contribution in [0.5, 0.6) is 5.75 Å². The van der Waals surface area contributed by atoms with E-state index >= 15 is 0 Å². The van der Waals surface area contributed by atoms with Gasteiger partial charge in [0.1, 0.15) is 5.82 Å². The Morgan fingerprint density at radius 2 is 1.63 bits per heavy atom. The highest BCUT2D eigenvalue weighted by atomic mass is 16.5. The molecular weight excluding hydrogens is 528 g/mol. The summed E-state index contributed by atoms with van der Waals surface area (Å²) in [5.41, 5.74) is 11.2. The molecular formula is C38H28N4O. The zero-order valence-corrected chi connectivity index (χ0v) is 23.9. The van der Waals surface area contributed by atoms with E-state index in [2.05, 4.69) is 102 Å². The summed E-state index contributed by atoms with van der Waals surface area (Å²) < 4.78 is 9.03. The third-order valence-corrected chi connectivity index (χ3v) is 9.13. The summed E-state index contributed by atoms with van der Waals surface area (Å²) in [5.74, 6) is 1.69. The maximum atomic E-state index is 6.74. The number of hydrogen-bond donors (Lipinski definition) is 1. The number of hydrogen-bond acceptors (Lipinski definition) is 4. The van der Waals surface area contributed by atoms with Crippen LogP contribution in [0.2, 0.25) is 0 Å². The molecule has 0 saturated carbocycles. The lowest BCUT2D eigenvalue weighted by Crippen LogP contribution is -2.15. The number of ether oxygens (including phenoxy) is 1. The number of nitrogens with zero attached hydrogens (tertiary/aromatic N) is 3. The van der Waals surface area contributed by atoms with Gasteiger partial charge in [0.2, 0.25) is 0 Å². The summed E-state index contributed by atoms with van der Waals surface area (Å²) in [5, 5.41) is 5.94. The van der Waals surface area contributed by atoms with E-state index in [-0.39, 0.29) is 11.6 Å². The van der Waals surface area contributed by atoms with E-state index in [0.29, 0.717) is 0 Å². The number of aromatic nitrogens is 3. The van der Waals surface area contributed by atoms with Gasteiger partial charge in [0, 0.05) is 39.7 Å². The first-order chi connectivity index (χ1) is 21.1. The average Bonchev–Trinajstić information content (AvgIpc) is 3.70. The fraction of sp³-hybridized carbons (Fsp3) is 0.105. The number of nitrogens with one attached hydrogen (secondary N) is 1. The quantitative estimate of drug-likeness (QED) is 0.236. The van der Waals surface area contributed by atoms with Gasteiger partial charge < -0.3 is 10.1 Å². The minimum absolute atomic E-state index is 0.120. The largest absolute Gasteiger partial charge is 0.462 e. The summed E-state index contributed by atoms with van der Waals surface area (Å²) in [6.45, 7) is 4.65. The van der Waals surface area contributed by atoms with Gasteiger partial charge in [-0.25, -0.2) is 4.98 Å². The molecule has 0 bridgehead atoms. The number of fused-ring (bicyclic) bond motifs is 8. The molecule has 5 nitrogen and oxygen atoms in total. The highest BCUT2D eigenvalue weighted by Gasteiger charge is 2.37. The van der Waals surface area contributed by atoms with Crippen molar-refractivity contribution < 1.29 is 4.74 Å². The van der Waals surface area contributed by atoms with Gasteiger partial charge in [-0.05, 0) is 70.8 Å². The van der Waals surface area contributed by atoms with E-state index in [1.807, 2.05) is 42.6 Å². The van der Waals surface area contributed by atoms with Crippen molar-refractivity contribution >= 4 is 27.5 Å². The van der Waals surface area contributed by atoms with Crippen molar-refractivity contribution in [3.63, 3.8) is 0 Å². The predicted octanol–water partition coefficient (Wildman–Crippen LogP) is 9.05. The molecule has 9 rings (SSSR count). The molecule has 0 fully saturated rings. The minimum atomic E-state index is -0.265. The molecule has 1 atom stereocenters. The van der Waals surface area contributed by atoms with Gasteiger partial charge >= 0.3 is 0 Å². The lowest BCUT2D eigenvalue weighted by molar-refractivity contribution is 0.262. The molecule has 5 heteroatoms. The SMILES string of the molecule is CC1(C)c2ccccc2-c2cc3c4ccc5c(c4n(-c4cccc(-c6cccnc6)n4)c3cc21)OC(c1ccccc1)N5. The third kappa shape index (κ3) is 3.45. The Bertz CT molecular complexity index is 2220. The van der Waals surface area contributed by atoms with Gasteiger partial charge in [-0.1, -0.05) is 74.5 Å². The van der Waals surface area contributed by atoms with Crippen molar-refractivity contribution in [1.29, 1.82) is 0 Å². The summed E-state index contributed by atoms with van der Waals surface area (Å²) >= 11 is 0. The summed E-state index contributed by atoms with van der Waals surface area (Å²) in [4.78, 5) is 9.54. The summed E-state index contributed by atoms with van der Waals surface area (Å²) in [7, 11) is 0. The monoisotopic (exact) mass is 556 g/mol. The van der Waals surface area contributed by atoms with E-state index in [1.165, 1.54) is 27.6 Å². The summed E-state index contributed by atoms with van der Waals surface area (Å²) in [6, 6.07) is 38.4. The van der Waals surface area contributed by atoms with Crippen LogP contribution in [0.3, 0.4) is 0 Å². The maximum Gasteiger partial charge on any atom is 0.196 e. The molecule has 0 spiro atoms. The summed E-state index contributed by atoms with van der Waals surface area (Å²) in [6.07, 6.45) is 3.39. The van der Waals surface area contributed by atoms with Crippen LogP contribution in [-0.2, 0) is 5.41 Å². The fourth-order valence-corrected chi connectivity index (χ4v) is 7.03. The molecule has 7 aromatic rings. The first kappa shape index (κ1) is 24.2. The molecule has 4 heterocycles. The third-order valence-electron chi connectivity index (χ3n) is 9.13. The normalized spacial score (nSPS) is 16.0. The lowest BCUT2D eigenvalue weighted by atomic mass is 9.82. The molecule has 4 aromatic carbocycles. The number of pyridine rings is 2. The van der Waals surface area contributed by atoms with Gasteiger partial charge in [0.25, 0.3) is 0 Å². The van der Waals surface area contributed by atoms with Gasteiger partial charge in [0.05, 0.1) is 22.4 Å². The zero-order valence-electron chi connectivity index (χ0n) is 23.9. The molecule has 3 aromatic heterocycles. The van der Waals surface area contributed by atoms with Crippen LogP contribution in [0.15, 0.2) is 122 Å². The second kappa shape index (κ2) is 8.79. The number of rotatable bonds is 3. The van der Waals surface area contributed by atoms with Gasteiger partial charge in [-0.2, -0.15) is 0 Å². The highest BCUT2D eigenvalue weighted by molar-refractivity contribution is 6.14.